The molecule has 2 N–H and O–H groups in total. The number of carboxylic acids is 1. The van der Waals surface area contributed by atoms with E-state index in [1.54, 1.807) is 0 Å². The molecule has 1 atom stereocenters. The summed E-state index contributed by atoms with van der Waals surface area (Å²) < 4.78 is 11.4. The molecule has 0 aromatic rings. The van der Waals surface area contributed by atoms with Crippen LogP contribution in [-0.2, 0) is 4.79 Å². The van der Waals surface area contributed by atoms with Crippen molar-refractivity contribution >= 4 is 5.97 Å². The minimum Gasteiger partial charge on any atom is -0.481 e. The molecule has 3 nitrogen and oxygen atoms in total. The third kappa shape index (κ3) is 3.03. The van der Waals surface area contributed by atoms with Crippen LogP contribution >= 0.6 is 0 Å². The zero-order chi connectivity index (χ0) is 7.28. The Labute approximate surface area is 52.1 Å². The highest BCUT2D eigenvalue weighted by atomic mass is 19.1. The highest BCUT2D eigenvalue weighted by molar-refractivity contribution is 5.69. The lowest BCUT2D eigenvalue weighted by atomic mass is 10.1. The number of rotatable bonds is 4. The molecule has 4 heteroatoms. The molecular formula is C5H9FO3. The maximum Gasteiger partial charge on any atom is 0.308 e. The summed E-state index contributed by atoms with van der Waals surface area (Å²) in [5, 5.41) is 16.5. The van der Waals surface area contributed by atoms with Crippen LogP contribution in [0.5, 0.6) is 0 Å². The Bertz CT molecular complexity index is 94.2. The summed E-state index contributed by atoms with van der Waals surface area (Å²) in [5.41, 5.74) is 0. The molecule has 0 aliphatic rings. The van der Waals surface area contributed by atoms with Crippen molar-refractivity contribution in [2.45, 2.75) is 6.42 Å². The first-order chi connectivity index (χ1) is 4.22. The molecule has 0 rings (SSSR count). The maximum atomic E-state index is 11.4. The van der Waals surface area contributed by atoms with Gasteiger partial charge in [0.05, 0.1) is 19.2 Å². The van der Waals surface area contributed by atoms with Gasteiger partial charge < -0.3 is 10.2 Å². The van der Waals surface area contributed by atoms with Crippen molar-refractivity contribution in [2.24, 2.45) is 5.92 Å². The van der Waals surface area contributed by atoms with E-state index in [1.807, 2.05) is 0 Å². The van der Waals surface area contributed by atoms with Crippen LogP contribution in [0.3, 0.4) is 0 Å². The summed E-state index contributed by atoms with van der Waals surface area (Å²) in [4.78, 5) is 9.99. The minimum atomic E-state index is -1.14. The Morgan fingerprint density at radius 3 is 2.33 bits per heavy atom. The lowest BCUT2D eigenvalue weighted by molar-refractivity contribution is -0.143. The predicted molar refractivity (Wildman–Crippen MR) is 28.8 cm³/mol. The summed E-state index contributed by atoms with van der Waals surface area (Å²) in [6.45, 7) is -1.18. The fourth-order valence-corrected chi connectivity index (χ4v) is 0.425. The Hall–Kier alpha value is -0.640. The van der Waals surface area contributed by atoms with Crippen molar-refractivity contribution in [3.8, 4) is 0 Å². The van der Waals surface area contributed by atoms with E-state index in [4.69, 9.17) is 10.2 Å². The highest BCUT2D eigenvalue weighted by Gasteiger charge is 2.14. The molecule has 1 unspecified atom stereocenters. The molecule has 0 radical (unpaired) electrons. The molecule has 0 amide bonds. The van der Waals surface area contributed by atoms with Gasteiger partial charge in [0, 0.05) is 0 Å². The number of carboxylic acid groups (broad SMARTS) is 1. The number of aliphatic carboxylic acids is 1. The molecule has 0 saturated heterocycles. The maximum absolute atomic E-state index is 11.4. The number of carbonyl (C=O) groups is 1. The fraction of sp³-hybridized carbons (Fsp3) is 0.800. The van der Waals surface area contributed by atoms with Gasteiger partial charge in [0.15, 0.2) is 0 Å². The Morgan fingerprint density at radius 2 is 2.22 bits per heavy atom. The number of halogens is 1. The van der Waals surface area contributed by atoms with Gasteiger partial charge in [-0.3, -0.25) is 9.18 Å². The second-order valence-corrected chi connectivity index (χ2v) is 1.70. The molecule has 0 aliphatic carbocycles. The lowest BCUT2D eigenvalue weighted by Gasteiger charge is -2.03. The van der Waals surface area contributed by atoms with Gasteiger partial charge in [-0.15, -0.1) is 0 Å². The van der Waals surface area contributed by atoms with Gasteiger partial charge >= 0.3 is 5.97 Å². The number of hydrogen-bond donors (Lipinski definition) is 2. The van der Waals surface area contributed by atoms with Gasteiger partial charge in [-0.25, -0.2) is 0 Å². The smallest absolute Gasteiger partial charge is 0.308 e. The van der Waals surface area contributed by atoms with E-state index in [2.05, 4.69) is 0 Å². The van der Waals surface area contributed by atoms with Crippen LogP contribution in [-0.4, -0.2) is 29.5 Å². The summed E-state index contributed by atoms with van der Waals surface area (Å²) in [5.74, 6) is -2.08. The molecular weight excluding hydrogens is 127 g/mol. The largest absolute Gasteiger partial charge is 0.481 e. The van der Waals surface area contributed by atoms with E-state index in [0.717, 1.165) is 0 Å². The normalized spacial score (nSPS) is 13.1. The molecule has 9 heavy (non-hydrogen) atoms. The van der Waals surface area contributed by atoms with E-state index >= 15 is 0 Å². The van der Waals surface area contributed by atoms with E-state index in [1.165, 1.54) is 0 Å². The zero-order valence-electron chi connectivity index (χ0n) is 4.88. The second kappa shape index (κ2) is 4.26. The van der Waals surface area contributed by atoms with Gasteiger partial charge in [0.2, 0.25) is 0 Å². The van der Waals surface area contributed by atoms with Crippen molar-refractivity contribution < 1.29 is 19.4 Å². The molecule has 0 aromatic carbocycles. The van der Waals surface area contributed by atoms with E-state index in [0.29, 0.717) is 0 Å². The number of aliphatic hydroxyl groups is 1. The van der Waals surface area contributed by atoms with E-state index < -0.39 is 25.2 Å². The molecule has 0 saturated carbocycles. The lowest BCUT2D eigenvalue weighted by Crippen LogP contribution is -2.18. The van der Waals surface area contributed by atoms with Crippen molar-refractivity contribution in [1.29, 1.82) is 0 Å². The average molecular weight is 136 g/mol. The third-order valence-electron chi connectivity index (χ3n) is 1.03. The van der Waals surface area contributed by atoms with Gasteiger partial charge in [0.25, 0.3) is 0 Å². The van der Waals surface area contributed by atoms with Crippen molar-refractivity contribution in [3.63, 3.8) is 0 Å². The number of hydrogen-bond acceptors (Lipinski definition) is 2. The van der Waals surface area contributed by atoms with Crippen LogP contribution in [0.2, 0.25) is 0 Å². The van der Waals surface area contributed by atoms with Gasteiger partial charge in [-0.05, 0) is 6.42 Å². The van der Waals surface area contributed by atoms with Gasteiger partial charge in [-0.2, -0.15) is 0 Å². The number of alkyl halides is 1. The first kappa shape index (κ1) is 8.36. The summed E-state index contributed by atoms with van der Waals surface area (Å²) in [6.07, 6.45) is -0.105. The summed E-state index contributed by atoms with van der Waals surface area (Å²) >= 11 is 0. The summed E-state index contributed by atoms with van der Waals surface area (Å²) in [6, 6.07) is 0. The SMILES string of the molecule is O=C(O)C(CO)CCF. The van der Waals surface area contributed by atoms with Crippen LogP contribution in [0.4, 0.5) is 4.39 Å². The first-order valence-electron chi connectivity index (χ1n) is 2.62. The second-order valence-electron chi connectivity index (χ2n) is 1.70. The fourth-order valence-electron chi connectivity index (χ4n) is 0.425. The topological polar surface area (TPSA) is 57.5 Å². The van der Waals surface area contributed by atoms with E-state index in [9.17, 15) is 9.18 Å². The minimum absolute atomic E-state index is 0.105. The van der Waals surface area contributed by atoms with Crippen LogP contribution in [0.15, 0.2) is 0 Å². The monoisotopic (exact) mass is 136 g/mol. The van der Waals surface area contributed by atoms with Gasteiger partial charge in [-0.1, -0.05) is 0 Å². The Balaban J connectivity index is 3.54. The molecule has 0 aromatic heterocycles. The van der Waals surface area contributed by atoms with Crippen LogP contribution < -0.4 is 0 Å². The molecule has 0 spiro atoms. The van der Waals surface area contributed by atoms with Gasteiger partial charge in [0.1, 0.15) is 0 Å². The zero-order valence-corrected chi connectivity index (χ0v) is 4.88. The van der Waals surface area contributed by atoms with Crippen molar-refractivity contribution in [2.75, 3.05) is 13.3 Å². The Morgan fingerprint density at radius 1 is 1.67 bits per heavy atom. The van der Waals surface area contributed by atoms with Crippen molar-refractivity contribution in [1.82, 2.24) is 0 Å². The molecule has 54 valence electrons. The van der Waals surface area contributed by atoms with Crippen LogP contribution in [0.25, 0.3) is 0 Å². The quantitative estimate of drug-likeness (QED) is 0.573. The molecule has 0 fully saturated rings. The number of aliphatic hydroxyl groups excluding tert-OH is 1. The third-order valence-corrected chi connectivity index (χ3v) is 1.03. The predicted octanol–water partition coefficient (Wildman–Crippen LogP) is 0.0391. The van der Waals surface area contributed by atoms with E-state index in [-0.39, 0.29) is 6.42 Å². The Kier molecular flexibility index (Phi) is 3.96. The average Bonchev–Trinajstić information content (AvgIpc) is 1.82. The highest BCUT2D eigenvalue weighted by Crippen LogP contribution is 2.01. The molecule has 0 aliphatic heterocycles. The molecule has 0 bridgehead atoms. The first-order valence-corrected chi connectivity index (χ1v) is 2.62. The van der Waals surface area contributed by atoms with Crippen molar-refractivity contribution in [3.05, 3.63) is 0 Å². The van der Waals surface area contributed by atoms with Crippen LogP contribution in [0.1, 0.15) is 6.42 Å². The summed E-state index contributed by atoms with van der Waals surface area (Å²) in [7, 11) is 0. The molecule has 0 heterocycles. The standard InChI is InChI=1S/C5H9FO3/c6-2-1-4(3-7)5(8)9/h4,7H,1-3H2,(H,8,9). The van der Waals surface area contributed by atoms with Crippen LogP contribution in [0, 0.1) is 5.92 Å².